The number of aromatic nitrogens is 1. The van der Waals surface area contributed by atoms with Crippen LogP contribution >= 0.6 is 0 Å². The van der Waals surface area contributed by atoms with Gasteiger partial charge in [-0.05, 0) is 18.6 Å². The fraction of sp³-hybridized carbons (Fsp3) is 0.364. The Hall–Kier alpha value is -2.11. The van der Waals surface area contributed by atoms with E-state index in [0.29, 0.717) is 0 Å². The quantitative estimate of drug-likeness (QED) is 0.724. The zero-order valence-electron chi connectivity index (χ0n) is 9.40. The van der Waals surface area contributed by atoms with Crippen molar-refractivity contribution >= 4 is 17.5 Å². The first-order chi connectivity index (χ1) is 7.99. The molecule has 1 aliphatic rings. The van der Waals surface area contributed by atoms with Crippen molar-refractivity contribution in [2.24, 2.45) is 11.7 Å². The summed E-state index contributed by atoms with van der Waals surface area (Å²) in [7, 11) is 0. The van der Waals surface area contributed by atoms with Crippen molar-refractivity contribution in [1.29, 1.82) is 0 Å². The van der Waals surface area contributed by atoms with Gasteiger partial charge in [0.05, 0.1) is 5.92 Å². The van der Waals surface area contributed by atoms with Crippen LogP contribution in [0.2, 0.25) is 0 Å². The molecule has 1 aromatic rings. The second-order valence-electron chi connectivity index (χ2n) is 4.20. The summed E-state index contributed by atoms with van der Waals surface area (Å²) in [4.78, 5) is 38.2. The van der Waals surface area contributed by atoms with Gasteiger partial charge >= 0.3 is 0 Å². The molecule has 1 aromatic heterocycles. The summed E-state index contributed by atoms with van der Waals surface area (Å²) < 4.78 is 0. The molecule has 0 aromatic carbocycles. The Morgan fingerprint density at radius 1 is 1.53 bits per heavy atom. The van der Waals surface area contributed by atoms with Gasteiger partial charge in [0.25, 0.3) is 5.56 Å². The highest BCUT2D eigenvalue weighted by atomic mass is 16.2. The van der Waals surface area contributed by atoms with E-state index in [1.54, 1.807) is 12.3 Å². The number of aryl methyl sites for hydroxylation is 1. The van der Waals surface area contributed by atoms with Gasteiger partial charge in [-0.25, -0.2) is 0 Å². The van der Waals surface area contributed by atoms with Gasteiger partial charge in [-0.15, -0.1) is 0 Å². The molecule has 1 saturated heterocycles. The lowest BCUT2D eigenvalue weighted by Gasteiger charge is -2.15. The molecule has 17 heavy (non-hydrogen) atoms. The molecule has 0 spiro atoms. The van der Waals surface area contributed by atoms with Gasteiger partial charge in [0.2, 0.25) is 11.8 Å². The lowest BCUT2D eigenvalue weighted by molar-refractivity contribution is -0.123. The van der Waals surface area contributed by atoms with Crippen LogP contribution in [0.25, 0.3) is 0 Å². The maximum atomic E-state index is 11.7. The van der Waals surface area contributed by atoms with E-state index in [1.165, 1.54) is 4.90 Å². The SMILES string of the molecule is Cc1c[nH]c(=O)c(N2CC(C(N)=O)CC2=O)c1. The van der Waals surface area contributed by atoms with E-state index in [1.807, 2.05) is 6.92 Å². The molecule has 3 N–H and O–H groups in total. The van der Waals surface area contributed by atoms with E-state index >= 15 is 0 Å². The average Bonchev–Trinajstić information content (AvgIpc) is 2.64. The van der Waals surface area contributed by atoms with Gasteiger partial charge in [-0.3, -0.25) is 14.4 Å². The summed E-state index contributed by atoms with van der Waals surface area (Å²) in [6.45, 7) is 1.99. The lowest BCUT2D eigenvalue weighted by atomic mass is 10.1. The number of aromatic amines is 1. The van der Waals surface area contributed by atoms with Gasteiger partial charge in [0, 0.05) is 19.2 Å². The molecule has 1 unspecified atom stereocenters. The predicted molar refractivity (Wildman–Crippen MR) is 61.5 cm³/mol. The second kappa shape index (κ2) is 4.04. The van der Waals surface area contributed by atoms with E-state index in [-0.39, 0.29) is 30.1 Å². The number of nitrogens with two attached hydrogens (primary N) is 1. The minimum absolute atomic E-state index is 0.0721. The number of hydrogen-bond acceptors (Lipinski definition) is 3. The molecule has 1 fully saturated rings. The first-order valence-electron chi connectivity index (χ1n) is 5.28. The third-order valence-electron chi connectivity index (χ3n) is 2.85. The summed E-state index contributed by atoms with van der Waals surface area (Å²) in [5.74, 6) is -1.27. The summed E-state index contributed by atoms with van der Waals surface area (Å²) in [6.07, 6.45) is 1.64. The Morgan fingerprint density at radius 3 is 2.82 bits per heavy atom. The summed E-state index contributed by atoms with van der Waals surface area (Å²) in [5.41, 5.74) is 5.94. The molecule has 6 heteroatoms. The molecule has 6 nitrogen and oxygen atoms in total. The monoisotopic (exact) mass is 235 g/mol. The van der Waals surface area contributed by atoms with Crippen LogP contribution in [-0.2, 0) is 9.59 Å². The normalized spacial score (nSPS) is 19.7. The lowest BCUT2D eigenvalue weighted by Crippen LogP contribution is -2.32. The standard InChI is InChI=1S/C11H13N3O3/c1-6-2-8(11(17)13-4-6)14-5-7(10(12)16)3-9(14)15/h2,4,7H,3,5H2,1H3,(H2,12,16)(H,13,17). The van der Waals surface area contributed by atoms with Crippen LogP contribution in [-0.4, -0.2) is 23.3 Å². The number of carbonyl (C=O) groups excluding carboxylic acids is 2. The van der Waals surface area contributed by atoms with Gasteiger partial charge in [0.15, 0.2) is 0 Å². The number of primary amides is 1. The number of hydrogen-bond donors (Lipinski definition) is 2. The molecule has 1 aliphatic heterocycles. The minimum atomic E-state index is -0.512. The molecule has 0 bridgehead atoms. The number of nitrogens with zero attached hydrogens (tertiary/aromatic N) is 1. The predicted octanol–water partition coefficient (Wildman–Crippen LogP) is -0.478. The fourth-order valence-electron chi connectivity index (χ4n) is 1.91. The molecule has 0 saturated carbocycles. The fourth-order valence-corrected chi connectivity index (χ4v) is 1.91. The van der Waals surface area contributed by atoms with Crippen molar-refractivity contribution in [2.45, 2.75) is 13.3 Å². The van der Waals surface area contributed by atoms with Crippen molar-refractivity contribution in [3.05, 3.63) is 28.2 Å². The number of carbonyl (C=O) groups is 2. The Balaban J connectivity index is 2.35. The Morgan fingerprint density at radius 2 is 2.24 bits per heavy atom. The number of pyridine rings is 1. The average molecular weight is 235 g/mol. The van der Waals surface area contributed by atoms with Gasteiger partial charge < -0.3 is 15.6 Å². The van der Waals surface area contributed by atoms with Crippen molar-refractivity contribution in [2.75, 3.05) is 11.4 Å². The highest BCUT2D eigenvalue weighted by Gasteiger charge is 2.34. The van der Waals surface area contributed by atoms with Gasteiger partial charge in [0.1, 0.15) is 5.69 Å². The topological polar surface area (TPSA) is 96.3 Å². The van der Waals surface area contributed by atoms with E-state index in [2.05, 4.69) is 4.98 Å². The minimum Gasteiger partial charge on any atom is -0.369 e. The Kier molecular flexibility index (Phi) is 2.71. The maximum Gasteiger partial charge on any atom is 0.271 e. The molecule has 2 amide bonds. The summed E-state index contributed by atoms with van der Waals surface area (Å²) >= 11 is 0. The van der Waals surface area contributed by atoms with Crippen LogP contribution in [0.4, 0.5) is 5.69 Å². The molecule has 1 atom stereocenters. The van der Waals surface area contributed by atoms with Crippen molar-refractivity contribution < 1.29 is 9.59 Å². The third kappa shape index (κ3) is 2.06. The number of amides is 2. The van der Waals surface area contributed by atoms with E-state index in [9.17, 15) is 14.4 Å². The first-order valence-corrected chi connectivity index (χ1v) is 5.28. The number of rotatable bonds is 2. The van der Waals surface area contributed by atoms with Gasteiger partial charge in [-0.2, -0.15) is 0 Å². The molecular formula is C11H13N3O3. The van der Waals surface area contributed by atoms with Crippen LogP contribution in [0.15, 0.2) is 17.1 Å². The van der Waals surface area contributed by atoms with Crippen LogP contribution in [0, 0.1) is 12.8 Å². The van der Waals surface area contributed by atoms with E-state index in [0.717, 1.165) is 5.56 Å². The smallest absolute Gasteiger partial charge is 0.271 e. The largest absolute Gasteiger partial charge is 0.369 e. The van der Waals surface area contributed by atoms with Crippen molar-refractivity contribution in [1.82, 2.24) is 4.98 Å². The maximum absolute atomic E-state index is 11.7. The molecule has 2 rings (SSSR count). The van der Waals surface area contributed by atoms with Crippen molar-refractivity contribution in [3.63, 3.8) is 0 Å². The Labute approximate surface area is 97.4 Å². The first kappa shape index (κ1) is 11.4. The van der Waals surface area contributed by atoms with E-state index in [4.69, 9.17) is 5.73 Å². The zero-order chi connectivity index (χ0) is 12.6. The third-order valence-corrected chi connectivity index (χ3v) is 2.85. The molecule has 90 valence electrons. The van der Waals surface area contributed by atoms with E-state index < -0.39 is 11.8 Å². The molecule has 0 radical (unpaired) electrons. The van der Waals surface area contributed by atoms with Crippen LogP contribution < -0.4 is 16.2 Å². The van der Waals surface area contributed by atoms with Crippen LogP contribution in [0.5, 0.6) is 0 Å². The molecule has 0 aliphatic carbocycles. The highest BCUT2D eigenvalue weighted by molar-refractivity contribution is 5.99. The van der Waals surface area contributed by atoms with Crippen LogP contribution in [0.1, 0.15) is 12.0 Å². The summed E-state index contributed by atoms with van der Waals surface area (Å²) in [6, 6.07) is 1.63. The zero-order valence-corrected chi connectivity index (χ0v) is 9.40. The Bertz CT molecular complexity index is 535. The molecular weight excluding hydrogens is 222 g/mol. The number of nitrogens with one attached hydrogen (secondary N) is 1. The number of H-pyrrole nitrogens is 1. The number of anilines is 1. The van der Waals surface area contributed by atoms with Gasteiger partial charge in [-0.1, -0.05) is 0 Å². The molecule has 2 heterocycles. The highest BCUT2D eigenvalue weighted by Crippen LogP contribution is 2.22. The van der Waals surface area contributed by atoms with Crippen molar-refractivity contribution in [3.8, 4) is 0 Å². The summed E-state index contributed by atoms with van der Waals surface area (Å²) in [5, 5.41) is 0. The van der Waals surface area contributed by atoms with Crippen LogP contribution in [0.3, 0.4) is 0 Å². The second-order valence-corrected chi connectivity index (χ2v) is 4.20.